The summed E-state index contributed by atoms with van der Waals surface area (Å²) in [4.78, 5) is 12.6. The normalized spacial score (nSPS) is 14.1. The first kappa shape index (κ1) is 17.6. The summed E-state index contributed by atoms with van der Waals surface area (Å²) in [6.07, 6.45) is 1.79. The zero-order valence-corrected chi connectivity index (χ0v) is 16.3. The molecule has 0 spiro atoms. The maximum absolute atomic E-state index is 12.6. The van der Waals surface area contributed by atoms with E-state index in [0.29, 0.717) is 29.4 Å². The summed E-state index contributed by atoms with van der Waals surface area (Å²) in [5.74, 6) is 1.44. The van der Waals surface area contributed by atoms with Gasteiger partial charge in [-0.3, -0.25) is 4.79 Å². The van der Waals surface area contributed by atoms with Gasteiger partial charge in [-0.15, -0.1) is 0 Å². The van der Waals surface area contributed by atoms with Crippen molar-refractivity contribution in [3.05, 3.63) is 99.2 Å². The smallest absolute Gasteiger partial charge is 0.231 e. The SMILES string of the molecule is Cc1ccccc1/C=C1\Oc2cc(OCc3ccc(Br)cc3)ccc2C1=O. The molecule has 0 amide bonds. The predicted octanol–water partition coefficient (Wildman–Crippen LogP) is 5.95. The van der Waals surface area contributed by atoms with Crippen LogP contribution < -0.4 is 9.47 Å². The van der Waals surface area contributed by atoms with E-state index < -0.39 is 0 Å². The molecule has 0 bridgehead atoms. The quantitative estimate of drug-likeness (QED) is 0.488. The summed E-state index contributed by atoms with van der Waals surface area (Å²) in [6.45, 7) is 2.46. The van der Waals surface area contributed by atoms with Crippen molar-refractivity contribution in [2.75, 3.05) is 0 Å². The Kier molecular flexibility index (Phi) is 4.82. The molecule has 4 rings (SSSR count). The van der Waals surface area contributed by atoms with Gasteiger partial charge in [-0.2, -0.15) is 0 Å². The molecule has 0 N–H and O–H groups in total. The molecule has 3 aromatic rings. The second-order valence-corrected chi connectivity index (χ2v) is 7.29. The van der Waals surface area contributed by atoms with Crippen molar-refractivity contribution in [1.82, 2.24) is 0 Å². The van der Waals surface area contributed by atoms with E-state index in [0.717, 1.165) is 21.2 Å². The number of carbonyl (C=O) groups excluding carboxylic acids is 1. The van der Waals surface area contributed by atoms with E-state index in [1.54, 1.807) is 24.3 Å². The van der Waals surface area contributed by atoms with Crippen LogP contribution in [0.4, 0.5) is 0 Å². The van der Waals surface area contributed by atoms with E-state index in [-0.39, 0.29) is 5.78 Å². The van der Waals surface area contributed by atoms with Gasteiger partial charge in [-0.25, -0.2) is 0 Å². The molecule has 0 aliphatic carbocycles. The Morgan fingerprint density at radius 2 is 1.81 bits per heavy atom. The Bertz CT molecular complexity index is 1040. The van der Waals surface area contributed by atoms with Crippen LogP contribution in [0.3, 0.4) is 0 Å². The van der Waals surface area contributed by atoms with E-state index in [2.05, 4.69) is 15.9 Å². The van der Waals surface area contributed by atoms with E-state index in [1.807, 2.05) is 55.5 Å². The molecule has 4 heteroatoms. The van der Waals surface area contributed by atoms with E-state index in [1.165, 1.54) is 0 Å². The molecule has 0 fully saturated rings. The van der Waals surface area contributed by atoms with Crippen LogP contribution in [0.1, 0.15) is 27.0 Å². The topological polar surface area (TPSA) is 35.5 Å². The molecule has 27 heavy (non-hydrogen) atoms. The molecule has 1 aliphatic rings. The van der Waals surface area contributed by atoms with Crippen molar-refractivity contribution in [3.8, 4) is 11.5 Å². The number of ketones is 1. The van der Waals surface area contributed by atoms with Crippen molar-refractivity contribution in [2.24, 2.45) is 0 Å². The molecule has 0 aromatic heterocycles. The summed E-state index contributed by atoms with van der Waals surface area (Å²) in [5.41, 5.74) is 3.69. The second-order valence-electron chi connectivity index (χ2n) is 6.37. The number of benzene rings is 3. The summed E-state index contributed by atoms with van der Waals surface area (Å²) in [7, 11) is 0. The lowest BCUT2D eigenvalue weighted by Crippen LogP contribution is -1.98. The van der Waals surface area contributed by atoms with Gasteiger partial charge in [-0.1, -0.05) is 52.3 Å². The maximum Gasteiger partial charge on any atom is 0.231 e. The highest BCUT2D eigenvalue weighted by molar-refractivity contribution is 9.10. The van der Waals surface area contributed by atoms with Gasteiger partial charge < -0.3 is 9.47 Å². The molecule has 3 aromatic carbocycles. The fourth-order valence-electron chi connectivity index (χ4n) is 2.89. The van der Waals surface area contributed by atoms with Gasteiger partial charge >= 0.3 is 0 Å². The van der Waals surface area contributed by atoms with E-state index in [4.69, 9.17) is 9.47 Å². The fourth-order valence-corrected chi connectivity index (χ4v) is 3.16. The van der Waals surface area contributed by atoms with Crippen molar-refractivity contribution in [2.45, 2.75) is 13.5 Å². The van der Waals surface area contributed by atoms with Gasteiger partial charge in [0.2, 0.25) is 5.78 Å². The Morgan fingerprint density at radius 3 is 2.59 bits per heavy atom. The number of fused-ring (bicyclic) bond motifs is 1. The zero-order chi connectivity index (χ0) is 18.8. The molecule has 0 unspecified atom stereocenters. The van der Waals surface area contributed by atoms with Gasteiger partial charge in [0, 0.05) is 10.5 Å². The molecule has 0 saturated heterocycles. The fraction of sp³-hybridized carbons (Fsp3) is 0.0870. The van der Waals surface area contributed by atoms with Gasteiger partial charge in [0.25, 0.3) is 0 Å². The standard InChI is InChI=1S/C23H17BrO3/c1-15-4-2-3-5-17(15)12-22-23(25)20-11-10-19(13-21(20)27-22)26-14-16-6-8-18(24)9-7-16/h2-13H,14H2,1H3/b22-12-. The first-order valence-electron chi connectivity index (χ1n) is 8.61. The van der Waals surface area contributed by atoms with Crippen LogP contribution in [-0.2, 0) is 6.61 Å². The highest BCUT2D eigenvalue weighted by Gasteiger charge is 2.27. The van der Waals surface area contributed by atoms with E-state index in [9.17, 15) is 4.79 Å². The third-order valence-corrected chi connectivity index (χ3v) is 4.96. The van der Waals surface area contributed by atoms with Crippen LogP contribution in [0.25, 0.3) is 6.08 Å². The van der Waals surface area contributed by atoms with Crippen LogP contribution in [0.2, 0.25) is 0 Å². The monoisotopic (exact) mass is 420 g/mol. The molecule has 0 radical (unpaired) electrons. The minimum Gasteiger partial charge on any atom is -0.489 e. The molecule has 134 valence electrons. The number of Topliss-reactive ketones (excluding diaryl/α,β-unsaturated/α-hetero) is 1. The predicted molar refractivity (Wildman–Crippen MR) is 109 cm³/mol. The molecule has 3 nitrogen and oxygen atoms in total. The largest absolute Gasteiger partial charge is 0.489 e. The second kappa shape index (κ2) is 7.41. The number of hydrogen-bond acceptors (Lipinski definition) is 3. The summed E-state index contributed by atoms with van der Waals surface area (Å²) in [5, 5.41) is 0. The number of halogens is 1. The number of aryl methyl sites for hydroxylation is 1. The molecule has 1 aliphatic heterocycles. The van der Waals surface area contributed by atoms with E-state index >= 15 is 0 Å². The Hall–Kier alpha value is -2.85. The molecular weight excluding hydrogens is 404 g/mol. The number of hydrogen-bond donors (Lipinski definition) is 0. The van der Waals surface area contributed by atoms with Crippen LogP contribution in [0.5, 0.6) is 11.5 Å². The number of ether oxygens (including phenoxy) is 2. The highest BCUT2D eigenvalue weighted by Crippen LogP contribution is 2.35. The van der Waals surface area contributed by atoms with Gasteiger partial charge in [0.1, 0.15) is 18.1 Å². The molecule has 0 saturated carbocycles. The first-order valence-corrected chi connectivity index (χ1v) is 9.40. The van der Waals surface area contributed by atoms with Gasteiger partial charge in [-0.05, 0) is 54.0 Å². The average Bonchev–Trinajstić information content (AvgIpc) is 2.98. The third kappa shape index (κ3) is 3.81. The first-order chi connectivity index (χ1) is 13.1. The van der Waals surface area contributed by atoms with Gasteiger partial charge in [0.05, 0.1) is 5.56 Å². The number of allylic oxidation sites excluding steroid dienone is 1. The summed E-state index contributed by atoms with van der Waals surface area (Å²) < 4.78 is 12.7. The Balaban J connectivity index is 1.52. The lowest BCUT2D eigenvalue weighted by Gasteiger charge is -2.07. The molecule has 1 heterocycles. The van der Waals surface area contributed by atoms with Crippen molar-refractivity contribution in [3.63, 3.8) is 0 Å². The van der Waals surface area contributed by atoms with Crippen LogP contribution in [-0.4, -0.2) is 5.78 Å². The zero-order valence-electron chi connectivity index (χ0n) is 14.7. The highest BCUT2D eigenvalue weighted by atomic mass is 79.9. The summed E-state index contributed by atoms with van der Waals surface area (Å²) >= 11 is 3.42. The number of rotatable bonds is 4. The Labute approximate surface area is 166 Å². The van der Waals surface area contributed by atoms with Crippen molar-refractivity contribution >= 4 is 27.8 Å². The van der Waals surface area contributed by atoms with Gasteiger partial charge in [0.15, 0.2) is 5.76 Å². The third-order valence-electron chi connectivity index (χ3n) is 4.44. The minimum absolute atomic E-state index is 0.104. The lowest BCUT2D eigenvalue weighted by atomic mass is 10.1. The average molecular weight is 421 g/mol. The maximum atomic E-state index is 12.6. The van der Waals surface area contributed by atoms with Crippen LogP contribution in [0, 0.1) is 6.92 Å². The lowest BCUT2D eigenvalue weighted by molar-refractivity contribution is 0.101. The minimum atomic E-state index is -0.104. The van der Waals surface area contributed by atoms with Crippen LogP contribution in [0.15, 0.2) is 77.0 Å². The van der Waals surface area contributed by atoms with Crippen molar-refractivity contribution < 1.29 is 14.3 Å². The molecule has 0 atom stereocenters. The summed E-state index contributed by atoms with van der Waals surface area (Å²) in [6, 6.07) is 21.2. The van der Waals surface area contributed by atoms with Crippen molar-refractivity contribution in [1.29, 1.82) is 0 Å². The van der Waals surface area contributed by atoms with Crippen LogP contribution >= 0.6 is 15.9 Å². The Morgan fingerprint density at radius 1 is 1.04 bits per heavy atom. The molecular formula is C23H17BrO3. The number of carbonyl (C=O) groups is 1.